The molecule has 0 aromatic carbocycles. The van der Waals surface area contributed by atoms with Gasteiger partial charge in [-0.1, -0.05) is 43.0 Å². The van der Waals surface area contributed by atoms with Crippen LogP contribution >= 0.6 is 0 Å². The number of aromatic nitrogens is 3. The van der Waals surface area contributed by atoms with Crippen molar-refractivity contribution in [1.29, 1.82) is 0 Å². The molecule has 1 aromatic rings. The Hall–Kier alpha value is -2.03. The first-order chi connectivity index (χ1) is 8.79. The maximum Gasteiger partial charge on any atom is 0.162 e. The van der Waals surface area contributed by atoms with Crippen molar-refractivity contribution in [3.05, 3.63) is 60.5 Å². The number of hydrogen-bond acceptors (Lipinski definition) is 3. The van der Waals surface area contributed by atoms with Gasteiger partial charge in [0.2, 0.25) is 0 Å². The van der Waals surface area contributed by atoms with Gasteiger partial charge in [0.05, 0.1) is 0 Å². The minimum Gasteiger partial charge on any atom is -0.218 e. The van der Waals surface area contributed by atoms with E-state index in [4.69, 9.17) is 0 Å². The lowest BCUT2D eigenvalue weighted by Crippen LogP contribution is -2.04. The molecule has 3 nitrogen and oxygen atoms in total. The molecule has 0 fully saturated rings. The number of rotatable bonds is 4. The van der Waals surface area contributed by atoms with Crippen LogP contribution in [0.25, 0.3) is 5.57 Å². The van der Waals surface area contributed by atoms with Crippen molar-refractivity contribution in [2.75, 3.05) is 0 Å². The standard InChI is InChI=1S/C15H17N3/c1-3-4-6-11-14-16-12(2)17-15(18-14)13-9-7-5-8-10-13/h3-4,6-7,9-10H,1,5,8,11H2,2H3/b6-4-. The molecule has 0 radical (unpaired) electrons. The summed E-state index contributed by atoms with van der Waals surface area (Å²) in [5.41, 5.74) is 1.10. The van der Waals surface area contributed by atoms with Gasteiger partial charge >= 0.3 is 0 Å². The SMILES string of the molecule is C=C/C=C\Cc1nc(C)nc(C2=CCCC=C2)n1. The highest BCUT2D eigenvalue weighted by Gasteiger charge is 2.07. The molecule has 0 saturated carbocycles. The zero-order chi connectivity index (χ0) is 12.8. The molecule has 0 spiro atoms. The number of aryl methyl sites for hydroxylation is 1. The lowest BCUT2D eigenvalue weighted by Gasteiger charge is -2.07. The summed E-state index contributed by atoms with van der Waals surface area (Å²) in [5.74, 6) is 2.35. The summed E-state index contributed by atoms with van der Waals surface area (Å²) in [6, 6.07) is 0. The molecule has 1 aliphatic rings. The molecule has 18 heavy (non-hydrogen) atoms. The van der Waals surface area contributed by atoms with Gasteiger partial charge in [0, 0.05) is 12.0 Å². The van der Waals surface area contributed by atoms with Crippen LogP contribution < -0.4 is 0 Å². The van der Waals surface area contributed by atoms with Crippen LogP contribution in [-0.2, 0) is 6.42 Å². The molecule has 0 N–H and O–H groups in total. The van der Waals surface area contributed by atoms with Crippen molar-refractivity contribution in [3.8, 4) is 0 Å². The van der Waals surface area contributed by atoms with Crippen LogP contribution in [0.5, 0.6) is 0 Å². The molecule has 1 heterocycles. The summed E-state index contributed by atoms with van der Waals surface area (Å²) in [6.45, 7) is 5.54. The van der Waals surface area contributed by atoms with Gasteiger partial charge in [-0.25, -0.2) is 15.0 Å². The van der Waals surface area contributed by atoms with Gasteiger partial charge in [0.15, 0.2) is 5.82 Å². The van der Waals surface area contributed by atoms with E-state index in [0.29, 0.717) is 6.42 Å². The van der Waals surface area contributed by atoms with E-state index in [-0.39, 0.29) is 0 Å². The van der Waals surface area contributed by atoms with Crippen LogP contribution in [0, 0.1) is 6.92 Å². The lowest BCUT2D eigenvalue weighted by molar-refractivity contribution is 0.871. The summed E-state index contributed by atoms with van der Waals surface area (Å²) in [6.07, 6.45) is 14.9. The molecule has 2 rings (SSSR count). The first-order valence-corrected chi connectivity index (χ1v) is 6.16. The van der Waals surface area contributed by atoms with E-state index >= 15 is 0 Å². The average molecular weight is 239 g/mol. The van der Waals surface area contributed by atoms with Crippen LogP contribution in [0.4, 0.5) is 0 Å². The fraction of sp³-hybridized carbons (Fsp3) is 0.267. The number of nitrogens with zero attached hydrogens (tertiary/aromatic N) is 3. The van der Waals surface area contributed by atoms with Crippen molar-refractivity contribution in [3.63, 3.8) is 0 Å². The predicted molar refractivity (Wildman–Crippen MR) is 74.0 cm³/mol. The molecule has 0 unspecified atom stereocenters. The predicted octanol–water partition coefficient (Wildman–Crippen LogP) is 3.20. The molecule has 0 amide bonds. The first-order valence-electron chi connectivity index (χ1n) is 6.16. The van der Waals surface area contributed by atoms with Gasteiger partial charge in [0.1, 0.15) is 11.6 Å². The van der Waals surface area contributed by atoms with Gasteiger partial charge in [-0.15, -0.1) is 0 Å². The Morgan fingerprint density at radius 1 is 1.28 bits per heavy atom. The molecule has 92 valence electrons. The van der Waals surface area contributed by atoms with Gasteiger partial charge in [-0.05, 0) is 19.8 Å². The fourth-order valence-corrected chi connectivity index (χ4v) is 1.81. The summed E-state index contributed by atoms with van der Waals surface area (Å²) in [7, 11) is 0. The van der Waals surface area contributed by atoms with E-state index in [9.17, 15) is 0 Å². The highest BCUT2D eigenvalue weighted by molar-refractivity contribution is 5.70. The van der Waals surface area contributed by atoms with E-state index < -0.39 is 0 Å². The smallest absolute Gasteiger partial charge is 0.162 e. The maximum absolute atomic E-state index is 4.50. The minimum absolute atomic E-state index is 0.708. The van der Waals surface area contributed by atoms with Crippen LogP contribution in [-0.4, -0.2) is 15.0 Å². The Morgan fingerprint density at radius 3 is 2.89 bits per heavy atom. The summed E-state index contributed by atoms with van der Waals surface area (Å²) in [4.78, 5) is 13.2. The summed E-state index contributed by atoms with van der Waals surface area (Å²) < 4.78 is 0. The molecule has 0 saturated heterocycles. The second-order valence-electron chi connectivity index (χ2n) is 4.13. The molecule has 1 aromatic heterocycles. The third-order valence-electron chi connectivity index (χ3n) is 2.62. The summed E-state index contributed by atoms with van der Waals surface area (Å²) in [5, 5.41) is 0. The molecule has 0 aliphatic heterocycles. The second kappa shape index (κ2) is 6.05. The topological polar surface area (TPSA) is 38.7 Å². The quantitative estimate of drug-likeness (QED) is 0.757. The number of allylic oxidation sites excluding steroid dienone is 7. The van der Waals surface area contributed by atoms with Crippen LogP contribution in [0.3, 0.4) is 0 Å². The van der Waals surface area contributed by atoms with Crippen LogP contribution in [0.2, 0.25) is 0 Å². The minimum atomic E-state index is 0.708. The van der Waals surface area contributed by atoms with Crippen molar-refractivity contribution in [1.82, 2.24) is 15.0 Å². The largest absolute Gasteiger partial charge is 0.218 e. The van der Waals surface area contributed by atoms with Gasteiger partial charge in [-0.2, -0.15) is 0 Å². The average Bonchev–Trinajstić information content (AvgIpc) is 2.39. The third-order valence-corrected chi connectivity index (χ3v) is 2.62. The third kappa shape index (κ3) is 3.23. The Kier molecular flexibility index (Phi) is 4.18. The summed E-state index contributed by atoms with van der Waals surface area (Å²) >= 11 is 0. The number of hydrogen-bond donors (Lipinski definition) is 0. The van der Waals surface area contributed by atoms with E-state index in [1.807, 2.05) is 19.1 Å². The van der Waals surface area contributed by atoms with Crippen LogP contribution in [0.1, 0.15) is 30.3 Å². The molecular formula is C15H17N3. The second-order valence-corrected chi connectivity index (χ2v) is 4.13. The molecule has 0 atom stereocenters. The molecule has 3 heteroatoms. The Balaban J connectivity index is 2.26. The Labute approximate surface area is 108 Å². The lowest BCUT2D eigenvalue weighted by atomic mass is 10.1. The Morgan fingerprint density at radius 2 is 2.17 bits per heavy atom. The Bertz CT molecular complexity index is 525. The van der Waals surface area contributed by atoms with Crippen molar-refractivity contribution < 1.29 is 0 Å². The fourth-order valence-electron chi connectivity index (χ4n) is 1.81. The zero-order valence-corrected chi connectivity index (χ0v) is 10.6. The highest BCUT2D eigenvalue weighted by Crippen LogP contribution is 2.18. The molecular weight excluding hydrogens is 222 g/mol. The van der Waals surface area contributed by atoms with E-state index in [2.05, 4.69) is 39.8 Å². The van der Waals surface area contributed by atoms with Crippen LogP contribution in [0.15, 0.2) is 43.0 Å². The van der Waals surface area contributed by atoms with E-state index in [1.165, 1.54) is 0 Å². The highest BCUT2D eigenvalue weighted by atomic mass is 15.0. The van der Waals surface area contributed by atoms with E-state index in [1.54, 1.807) is 6.08 Å². The molecule has 0 bridgehead atoms. The maximum atomic E-state index is 4.50. The van der Waals surface area contributed by atoms with Gasteiger partial charge in [-0.3, -0.25) is 0 Å². The van der Waals surface area contributed by atoms with Crippen molar-refractivity contribution in [2.24, 2.45) is 0 Å². The van der Waals surface area contributed by atoms with Gasteiger partial charge in [0.25, 0.3) is 0 Å². The van der Waals surface area contributed by atoms with E-state index in [0.717, 1.165) is 35.9 Å². The zero-order valence-electron chi connectivity index (χ0n) is 10.6. The van der Waals surface area contributed by atoms with Gasteiger partial charge < -0.3 is 0 Å². The van der Waals surface area contributed by atoms with Crippen molar-refractivity contribution >= 4 is 5.57 Å². The monoisotopic (exact) mass is 239 g/mol. The first kappa shape index (κ1) is 12.4. The normalized spacial score (nSPS) is 14.8. The molecule has 1 aliphatic carbocycles. The van der Waals surface area contributed by atoms with Crippen molar-refractivity contribution in [2.45, 2.75) is 26.2 Å².